The molecule has 0 aliphatic heterocycles. The molecule has 84 valence electrons. The average Bonchev–Trinajstić information content (AvgIpc) is 2.35. The van der Waals surface area contributed by atoms with Gasteiger partial charge in [-0.3, -0.25) is 0 Å². The van der Waals surface area contributed by atoms with Gasteiger partial charge in [-0.2, -0.15) is 0 Å². The van der Waals surface area contributed by atoms with E-state index in [0.717, 1.165) is 6.54 Å². The molecule has 0 amide bonds. The molecule has 0 bridgehead atoms. The van der Waals surface area contributed by atoms with E-state index in [1.807, 2.05) is 0 Å². The van der Waals surface area contributed by atoms with Crippen molar-refractivity contribution < 1.29 is 0 Å². The average molecular weight is 213 g/mol. The van der Waals surface area contributed by atoms with Crippen molar-refractivity contribution in [2.45, 2.75) is 32.9 Å². The van der Waals surface area contributed by atoms with E-state index in [9.17, 15) is 0 Å². The lowest BCUT2D eigenvalue weighted by Gasteiger charge is -2.12. The molecule has 0 saturated carbocycles. The van der Waals surface area contributed by atoms with E-state index in [2.05, 4.69) is 61.6 Å². The Bertz CT molecular complexity index is 456. The van der Waals surface area contributed by atoms with Crippen LogP contribution in [0.1, 0.15) is 25.8 Å². The van der Waals surface area contributed by atoms with Crippen LogP contribution < -0.4 is 5.32 Å². The summed E-state index contributed by atoms with van der Waals surface area (Å²) in [7, 11) is 0. The third kappa shape index (κ3) is 2.42. The molecular weight excluding hydrogens is 194 g/mol. The zero-order valence-corrected chi connectivity index (χ0v) is 10.0. The Morgan fingerprint density at radius 1 is 1.06 bits per heavy atom. The molecule has 1 heteroatoms. The second-order valence-corrected chi connectivity index (χ2v) is 4.33. The number of hydrogen-bond acceptors (Lipinski definition) is 1. The highest BCUT2D eigenvalue weighted by Gasteiger charge is 2.01. The fraction of sp³-hybridized carbons (Fsp3) is 0.333. The van der Waals surface area contributed by atoms with Crippen LogP contribution in [0, 0.1) is 0 Å². The minimum Gasteiger partial charge on any atom is -0.310 e. The van der Waals surface area contributed by atoms with Crippen molar-refractivity contribution in [1.82, 2.24) is 5.32 Å². The van der Waals surface area contributed by atoms with Gasteiger partial charge in [0.25, 0.3) is 0 Å². The number of hydrogen-bond donors (Lipinski definition) is 1. The quantitative estimate of drug-likeness (QED) is 0.816. The predicted octanol–water partition coefficient (Wildman–Crippen LogP) is 3.73. The predicted molar refractivity (Wildman–Crippen MR) is 70.5 cm³/mol. The van der Waals surface area contributed by atoms with Gasteiger partial charge in [-0.1, -0.05) is 49.4 Å². The molecule has 1 atom stereocenters. The van der Waals surface area contributed by atoms with Crippen molar-refractivity contribution in [1.29, 1.82) is 0 Å². The summed E-state index contributed by atoms with van der Waals surface area (Å²) in [5, 5.41) is 6.23. The third-order valence-corrected chi connectivity index (χ3v) is 3.13. The molecular formula is C15H19N. The first-order valence-corrected chi connectivity index (χ1v) is 6.01. The minimum absolute atomic E-state index is 0.582. The maximum Gasteiger partial charge on any atom is 0.0214 e. The van der Waals surface area contributed by atoms with Crippen LogP contribution in [0.25, 0.3) is 10.8 Å². The molecule has 0 aliphatic rings. The molecule has 0 aliphatic carbocycles. The molecule has 1 nitrogen and oxygen atoms in total. The fourth-order valence-corrected chi connectivity index (χ4v) is 1.88. The Balaban J connectivity index is 2.23. The van der Waals surface area contributed by atoms with Crippen LogP contribution in [0.2, 0.25) is 0 Å². The molecule has 0 saturated heterocycles. The van der Waals surface area contributed by atoms with Gasteiger partial charge < -0.3 is 5.32 Å². The smallest absolute Gasteiger partial charge is 0.0214 e. The van der Waals surface area contributed by atoms with Crippen molar-refractivity contribution in [3.8, 4) is 0 Å². The van der Waals surface area contributed by atoms with Gasteiger partial charge in [0.05, 0.1) is 0 Å². The Labute approximate surface area is 97.5 Å². The lowest BCUT2D eigenvalue weighted by molar-refractivity contribution is 0.535. The number of benzene rings is 2. The number of fused-ring (bicyclic) bond motifs is 1. The summed E-state index contributed by atoms with van der Waals surface area (Å²) in [6, 6.07) is 15.7. The molecule has 0 radical (unpaired) electrons. The van der Waals surface area contributed by atoms with Gasteiger partial charge in [0.15, 0.2) is 0 Å². The fourth-order valence-electron chi connectivity index (χ4n) is 1.88. The van der Waals surface area contributed by atoms with Gasteiger partial charge >= 0.3 is 0 Å². The zero-order valence-electron chi connectivity index (χ0n) is 10.0. The molecule has 0 spiro atoms. The first-order chi connectivity index (χ1) is 7.81. The summed E-state index contributed by atoms with van der Waals surface area (Å²) < 4.78 is 0. The van der Waals surface area contributed by atoms with Crippen molar-refractivity contribution in [2.75, 3.05) is 0 Å². The Hall–Kier alpha value is -1.34. The lowest BCUT2D eigenvalue weighted by atomic mass is 10.0. The highest BCUT2D eigenvalue weighted by Crippen LogP contribution is 2.18. The highest BCUT2D eigenvalue weighted by atomic mass is 14.9. The monoisotopic (exact) mass is 213 g/mol. The molecule has 2 rings (SSSR count). The SMILES string of the molecule is CCC(C)NCc1cccc2ccccc12. The van der Waals surface area contributed by atoms with E-state index in [1.54, 1.807) is 0 Å². The van der Waals surface area contributed by atoms with E-state index < -0.39 is 0 Å². The van der Waals surface area contributed by atoms with Crippen LogP contribution in [-0.4, -0.2) is 6.04 Å². The standard InChI is InChI=1S/C15H19N/c1-3-12(2)16-11-14-9-6-8-13-7-4-5-10-15(13)14/h4-10,12,16H,3,11H2,1-2H3. The number of nitrogens with one attached hydrogen (secondary N) is 1. The van der Waals surface area contributed by atoms with Crippen molar-refractivity contribution in [3.63, 3.8) is 0 Å². The molecule has 0 heterocycles. The largest absolute Gasteiger partial charge is 0.310 e. The van der Waals surface area contributed by atoms with Crippen LogP contribution in [0.15, 0.2) is 42.5 Å². The van der Waals surface area contributed by atoms with E-state index >= 15 is 0 Å². The summed E-state index contributed by atoms with van der Waals surface area (Å²) in [6.45, 7) is 5.39. The second kappa shape index (κ2) is 5.13. The van der Waals surface area contributed by atoms with E-state index in [0.29, 0.717) is 6.04 Å². The van der Waals surface area contributed by atoms with E-state index in [1.165, 1.54) is 22.8 Å². The third-order valence-electron chi connectivity index (χ3n) is 3.13. The first-order valence-electron chi connectivity index (χ1n) is 6.01. The second-order valence-electron chi connectivity index (χ2n) is 4.33. The topological polar surface area (TPSA) is 12.0 Å². The molecule has 1 unspecified atom stereocenters. The van der Waals surface area contributed by atoms with Gasteiger partial charge in [0.1, 0.15) is 0 Å². The van der Waals surface area contributed by atoms with Crippen LogP contribution in [0.4, 0.5) is 0 Å². The molecule has 0 aromatic heterocycles. The van der Waals surface area contributed by atoms with Crippen molar-refractivity contribution in [2.24, 2.45) is 0 Å². The van der Waals surface area contributed by atoms with Gasteiger partial charge in [0.2, 0.25) is 0 Å². The van der Waals surface area contributed by atoms with E-state index in [-0.39, 0.29) is 0 Å². The van der Waals surface area contributed by atoms with Crippen LogP contribution >= 0.6 is 0 Å². The first kappa shape index (κ1) is 11.2. The maximum absolute atomic E-state index is 3.54. The molecule has 2 aromatic rings. The van der Waals surface area contributed by atoms with Gasteiger partial charge in [0, 0.05) is 12.6 Å². The van der Waals surface area contributed by atoms with Crippen LogP contribution in [-0.2, 0) is 6.54 Å². The summed E-state index contributed by atoms with van der Waals surface area (Å²) in [4.78, 5) is 0. The summed E-state index contributed by atoms with van der Waals surface area (Å²) in [6.07, 6.45) is 1.17. The molecule has 1 N–H and O–H groups in total. The van der Waals surface area contributed by atoms with Crippen molar-refractivity contribution in [3.05, 3.63) is 48.0 Å². The van der Waals surface area contributed by atoms with Crippen molar-refractivity contribution >= 4 is 10.8 Å². The highest BCUT2D eigenvalue weighted by molar-refractivity contribution is 5.85. The Morgan fingerprint density at radius 2 is 1.81 bits per heavy atom. The summed E-state index contributed by atoms with van der Waals surface area (Å²) in [5.41, 5.74) is 1.39. The van der Waals surface area contributed by atoms with Gasteiger partial charge in [-0.15, -0.1) is 0 Å². The van der Waals surface area contributed by atoms with E-state index in [4.69, 9.17) is 0 Å². The van der Waals surface area contributed by atoms with Gasteiger partial charge in [-0.25, -0.2) is 0 Å². The molecule has 2 aromatic carbocycles. The summed E-state index contributed by atoms with van der Waals surface area (Å²) >= 11 is 0. The minimum atomic E-state index is 0.582. The maximum atomic E-state index is 3.54. The van der Waals surface area contributed by atoms with Gasteiger partial charge in [-0.05, 0) is 29.7 Å². The normalized spacial score (nSPS) is 12.9. The van der Waals surface area contributed by atoms with Crippen LogP contribution in [0.3, 0.4) is 0 Å². The number of rotatable bonds is 4. The Kier molecular flexibility index (Phi) is 3.58. The zero-order chi connectivity index (χ0) is 11.4. The van der Waals surface area contributed by atoms with Crippen LogP contribution in [0.5, 0.6) is 0 Å². The Morgan fingerprint density at radius 3 is 2.62 bits per heavy atom. The lowest BCUT2D eigenvalue weighted by Crippen LogP contribution is -2.24. The molecule has 0 fully saturated rings. The summed E-state index contributed by atoms with van der Waals surface area (Å²) in [5.74, 6) is 0. The molecule has 16 heavy (non-hydrogen) atoms.